The van der Waals surface area contributed by atoms with Crippen LogP contribution in [0.4, 0.5) is 5.69 Å². The number of rotatable bonds is 6. The van der Waals surface area contributed by atoms with Gasteiger partial charge < -0.3 is 14.8 Å². The lowest BCUT2D eigenvalue weighted by Gasteiger charge is -2.10. The van der Waals surface area contributed by atoms with Crippen molar-refractivity contribution in [1.29, 1.82) is 0 Å². The first kappa shape index (κ1) is 19.3. The summed E-state index contributed by atoms with van der Waals surface area (Å²) in [7, 11) is 3.19. The number of hydrogen-bond acceptors (Lipinski definition) is 5. The molecule has 0 bridgehead atoms. The third-order valence-corrected chi connectivity index (χ3v) is 4.77. The van der Waals surface area contributed by atoms with Gasteiger partial charge >= 0.3 is 0 Å². The number of H-pyrrole nitrogens is 1. The van der Waals surface area contributed by atoms with Crippen molar-refractivity contribution >= 4 is 11.6 Å². The zero-order valence-corrected chi connectivity index (χ0v) is 16.8. The van der Waals surface area contributed by atoms with Gasteiger partial charge in [-0.1, -0.05) is 6.07 Å². The molecule has 0 aliphatic rings. The molecule has 8 nitrogen and oxygen atoms in total. The summed E-state index contributed by atoms with van der Waals surface area (Å²) in [6, 6.07) is 14.7. The Morgan fingerprint density at radius 3 is 2.70 bits per heavy atom. The van der Waals surface area contributed by atoms with Crippen LogP contribution in [0.1, 0.15) is 16.1 Å². The normalized spacial score (nSPS) is 10.6. The van der Waals surface area contributed by atoms with E-state index in [1.165, 1.54) is 0 Å². The first-order valence-electron chi connectivity index (χ1n) is 9.29. The second-order valence-electron chi connectivity index (χ2n) is 6.59. The standard InChI is InChI=1S/C22H21N5O3/c1-14-20(18-13-17(29-2)8-9-19(18)30-3)25-26-21(14)22(28)24-15-6-4-7-16(12-15)27-11-5-10-23-27/h4-13H,1-3H3,(H,24,28)(H,25,26). The average molecular weight is 403 g/mol. The number of nitrogens with zero attached hydrogens (tertiary/aromatic N) is 3. The van der Waals surface area contributed by atoms with Crippen LogP contribution in [0.25, 0.3) is 16.9 Å². The molecular weight excluding hydrogens is 382 g/mol. The smallest absolute Gasteiger partial charge is 0.273 e. The molecule has 0 atom stereocenters. The molecule has 0 radical (unpaired) electrons. The summed E-state index contributed by atoms with van der Waals surface area (Å²) in [4.78, 5) is 12.9. The Morgan fingerprint density at radius 1 is 1.10 bits per heavy atom. The van der Waals surface area contributed by atoms with E-state index < -0.39 is 0 Å². The topological polar surface area (TPSA) is 94.1 Å². The quantitative estimate of drug-likeness (QED) is 0.510. The summed E-state index contributed by atoms with van der Waals surface area (Å²) >= 11 is 0. The SMILES string of the molecule is COc1ccc(OC)c(-c2n[nH]c(C(=O)Nc3cccc(-n4cccn4)c3)c2C)c1. The molecule has 4 rings (SSSR count). The maximum atomic E-state index is 12.9. The number of amides is 1. The molecule has 0 fully saturated rings. The molecular formula is C22H21N5O3. The van der Waals surface area contributed by atoms with Crippen LogP contribution in [-0.2, 0) is 0 Å². The molecule has 2 N–H and O–H groups in total. The van der Waals surface area contributed by atoms with Gasteiger partial charge in [0.25, 0.3) is 5.91 Å². The molecule has 30 heavy (non-hydrogen) atoms. The predicted octanol–water partition coefficient (Wildman–Crippen LogP) is 3.84. The number of anilines is 1. The van der Waals surface area contributed by atoms with Gasteiger partial charge in [-0.25, -0.2) is 4.68 Å². The molecule has 0 saturated carbocycles. The molecule has 0 unspecified atom stereocenters. The highest BCUT2D eigenvalue weighted by molar-refractivity contribution is 6.05. The number of carbonyl (C=O) groups excluding carboxylic acids is 1. The van der Waals surface area contributed by atoms with E-state index in [2.05, 4.69) is 20.6 Å². The number of methoxy groups -OCH3 is 2. The Labute approximate surface area is 173 Å². The molecule has 2 heterocycles. The van der Waals surface area contributed by atoms with E-state index in [-0.39, 0.29) is 5.91 Å². The highest BCUT2D eigenvalue weighted by Crippen LogP contribution is 2.34. The van der Waals surface area contributed by atoms with E-state index in [1.54, 1.807) is 25.1 Å². The number of aromatic nitrogens is 4. The van der Waals surface area contributed by atoms with Crippen LogP contribution in [0, 0.1) is 6.92 Å². The Hall–Kier alpha value is -4.07. The molecule has 0 aliphatic heterocycles. The van der Waals surface area contributed by atoms with Gasteiger partial charge in [-0.05, 0) is 49.4 Å². The summed E-state index contributed by atoms with van der Waals surface area (Å²) in [5.74, 6) is 1.03. The van der Waals surface area contributed by atoms with Gasteiger partial charge in [-0.15, -0.1) is 0 Å². The summed E-state index contributed by atoms with van der Waals surface area (Å²) in [5, 5.41) is 14.3. The van der Waals surface area contributed by atoms with Crippen molar-refractivity contribution in [2.24, 2.45) is 0 Å². The minimum Gasteiger partial charge on any atom is -0.497 e. The Bertz CT molecular complexity index is 1180. The Kier molecular flexibility index (Phi) is 5.21. The second-order valence-corrected chi connectivity index (χ2v) is 6.59. The van der Waals surface area contributed by atoms with Crippen molar-refractivity contribution in [2.45, 2.75) is 6.92 Å². The number of aromatic amines is 1. The lowest BCUT2D eigenvalue weighted by molar-refractivity contribution is 0.102. The van der Waals surface area contributed by atoms with Gasteiger partial charge in [0.05, 0.1) is 25.6 Å². The minimum absolute atomic E-state index is 0.286. The van der Waals surface area contributed by atoms with Crippen LogP contribution in [0.15, 0.2) is 60.9 Å². The summed E-state index contributed by atoms with van der Waals surface area (Å²) in [6.07, 6.45) is 3.54. The third-order valence-electron chi connectivity index (χ3n) is 4.77. The fourth-order valence-electron chi connectivity index (χ4n) is 3.22. The number of benzene rings is 2. The fraction of sp³-hybridized carbons (Fsp3) is 0.136. The number of ether oxygens (including phenoxy) is 2. The monoisotopic (exact) mass is 403 g/mol. The van der Waals surface area contributed by atoms with E-state index in [9.17, 15) is 4.79 Å². The molecule has 152 valence electrons. The zero-order chi connectivity index (χ0) is 21.1. The summed E-state index contributed by atoms with van der Waals surface area (Å²) in [5.41, 5.74) is 3.96. The van der Waals surface area contributed by atoms with Crippen LogP contribution in [-0.4, -0.2) is 40.1 Å². The van der Waals surface area contributed by atoms with Crippen molar-refractivity contribution in [3.63, 3.8) is 0 Å². The lowest BCUT2D eigenvalue weighted by atomic mass is 10.1. The molecule has 4 aromatic rings. The van der Waals surface area contributed by atoms with Crippen molar-refractivity contribution in [2.75, 3.05) is 19.5 Å². The molecule has 8 heteroatoms. The van der Waals surface area contributed by atoms with E-state index in [1.807, 2.05) is 61.7 Å². The maximum absolute atomic E-state index is 12.9. The molecule has 2 aromatic carbocycles. The van der Waals surface area contributed by atoms with Gasteiger partial charge in [0.1, 0.15) is 17.2 Å². The van der Waals surface area contributed by atoms with Gasteiger partial charge in [0, 0.05) is 29.2 Å². The van der Waals surface area contributed by atoms with Crippen LogP contribution in [0.5, 0.6) is 11.5 Å². The van der Waals surface area contributed by atoms with Crippen LogP contribution in [0.2, 0.25) is 0 Å². The number of carbonyl (C=O) groups is 1. The Balaban J connectivity index is 1.62. The average Bonchev–Trinajstić information content (AvgIpc) is 3.43. The summed E-state index contributed by atoms with van der Waals surface area (Å²) in [6.45, 7) is 1.84. The third kappa shape index (κ3) is 3.62. The van der Waals surface area contributed by atoms with Crippen molar-refractivity contribution in [3.8, 4) is 28.4 Å². The predicted molar refractivity (Wildman–Crippen MR) is 113 cm³/mol. The van der Waals surface area contributed by atoms with E-state index >= 15 is 0 Å². The number of hydrogen-bond donors (Lipinski definition) is 2. The highest BCUT2D eigenvalue weighted by atomic mass is 16.5. The van der Waals surface area contributed by atoms with Crippen LogP contribution >= 0.6 is 0 Å². The summed E-state index contributed by atoms with van der Waals surface area (Å²) < 4.78 is 12.5. The van der Waals surface area contributed by atoms with Gasteiger partial charge in [-0.3, -0.25) is 9.89 Å². The van der Waals surface area contributed by atoms with Crippen molar-refractivity contribution in [3.05, 3.63) is 72.2 Å². The first-order chi connectivity index (χ1) is 14.6. The minimum atomic E-state index is -0.286. The molecule has 1 amide bonds. The zero-order valence-electron chi connectivity index (χ0n) is 16.8. The Morgan fingerprint density at radius 2 is 1.97 bits per heavy atom. The molecule has 0 spiro atoms. The first-order valence-corrected chi connectivity index (χ1v) is 9.29. The molecule has 0 saturated heterocycles. The van der Waals surface area contributed by atoms with Crippen LogP contribution < -0.4 is 14.8 Å². The highest BCUT2D eigenvalue weighted by Gasteiger charge is 2.20. The van der Waals surface area contributed by atoms with Crippen molar-refractivity contribution < 1.29 is 14.3 Å². The van der Waals surface area contributed by atoms with Gasteiger partial charge in [0.2, 0.25) is 0 Å². The largest absolute Gasteiger partial charge is 0.497 e. The van der Waals surface area contributed by atoms with E-state index in [4.69, 9.17) is 9.47 Å². The number of nitrogens with one attached hydrogen (secondary N) is 2. The molecule has 0 aliphatic carbocycles. The lowest BCUT2D eigenvalue weighted by Crippen LogP contribution is -2.14. The maximum Gasteiger partial charge on any atom is 0.273 e. The second kappa shape index (κ2) is 8.12. The van der Waals surface area contributed by atoms with Gasteiger partial charge in [-0.2, -0.15) is 10.2 Å². The van der Waals surface area contributed by atoms with E-state index in [0.717, 1.165) is 11.3 Å². The van der Waals surface area contributed by atoms with Crippen molar-refractivity contribution in [1.82, 2.24) is 20.0 Å². The van der Waals surface area contributed by atoms with Crippen LogP contribution in [0.3, 0.4) is 0 Å². The van der Waals surface area contributed by atoms with E-state index in [0.29, 0.717) is 34.1 Å². The van der Waals surface area contributed by atoms with Gasteiger partial charge in [0.15, 0.2) is 0 Å². The fourth-order valence-corrected chi connectivity index (χ4v) is 3.22. The molecule has 2 aromatic heterocycles.